The van der Waals surface area contributed by atoms with Gasteiger partial charge in [-0.3, -0.25) is 0 Å². The van der Waals surface area contributed by atoms with Gasteiger partial charge in [0.15, 0.2) is 0 Å². The Morgan fingerprint density at radius 2 is 1.88 bits per heavy atom. The smallest absolute Gasteiger partial charge is 0.138 e. The van der Waals surface area contributed by atoms with E-state index in [1.165, 1.54) is 24.8 Å². The Morgan fingerprint density at radius 3 is 2.47 bits per heavy atom. The summed E-state index contributed by atoms with van der Waals surface area (Å²) in [5.41, 5.74) is 8.77. The number of aryl methyl sites for hydroxylation is 1. The quantitative estimate of drug-likeness (QED) is 0.899. The van der Waals surface area contributed by atoms with Gasteiger partial charge in [-0.2, -0.15) is 0 Å². The molecule has 1 aliphatic carbocycles. The fourth-order valence-corrected chi connectivity index (χ4v) is 3.49. The van der Waals surface area contributed by atoms with E-state index in [0.717, 1.165) is 28.6 Å². The van der Waals surface area contributed by atoms with Crippen molar-refractivity contribution in [3.05, 3.63) is 27.7 Å². The minimum absolute atomic E-state index is 0.210. The number of rotatable bonds is 2. The van der Waals surface area contributed by atoms with Crippen molar-refractivity contribution in [2.45, 2.75) is 44.6 Å². The molecule has 2 rings (SSSR count). The summed E-state index contributed by atoms with van der Waals surface area (Å²) in [7, 11) is 1.71. The van der Waals surface area contributed by atoms with Crippen molar-refractivity contribution in [1.82, 2.24) is 0 Å². The fourth-order valence-electron chi connectivity index (χ4n) is 2.76. The molecule has 1 fully saturated rings. The van der Waals surface area contributed by atoms with Crippen molar-refractivity contribution in [3.8, 4) is 5.75 Å². The Balaban J connectivity index is 2.49. The highest BCUT2D eigenvalue weighted by molar-refractivity contribution is 9.10. The number of hydrogen-bond donors (Lipinski definition) is 1. The Hall–Kier alpha value is -0.540. The zero-order valence-electron chi connectivity index (χ0n) is 10.6. The molecule has 0 atom stereocenters. The summed E-state index contributed by atoms with van der Waals surface area (Å²) in [5, 5.41) is 0. The minimum Gasteiger partial charge on any atom is -0.495 e. The van der Waals surface area contributed by atoms with Crippen molar-refractivity contribution in [2.75, 3.05) is 7.11 Å². The van der Waals surface area contributed by atoms with Crippen LogP contribution in [0.2, 0.25) is 0 Å². The molecule has 0 unspecified atom stereocenters. The molecule has 0 spiro atoms. The van der Waals surface area contributed by atoms with Gasteiger partial charge in [-0.25, -0.2) is 0 Å². The third-order valence-corrected chi connectivity index (χ3v) is 4.26. The van der Waals surface area contributed by atoms with Gasteiger partial charge in [0.25, 0.3) is 0 Å². The van der Waals surface area contributed by atoms with Gasteiger partial charge >= 0.3 is 0 Å². The van der Waals surface area contributed by atoms with Crippen LogP contribution in [-0.2, 0) is 5.54 Å². The second-order valence-corrected chi connectivity index (χ2v) is 5.90. The molecule has 0 saturated heterocycles. The largest absolute Gasteiger partial charge is 0.495 e. The predicted molar refractivity (Wildman–Crippen MR) is 74.4 cm³/mol. The lowest BCUT2D eigenvalue weighted by Gasteiger charge is -2.35. The first-order valence-corrected chi connectivity index (χ1v) is 6.99. The van der Waals surface area contributed by atoms with Crippen LogP contribution in [0, 0.1) is 6.92 Å². The Bertz CT molecular complexity index is 411. The van der Waals surface area contributed by atoms with Gasteiger partial charge in [0.2, 0.25) is 0 Å². The molecule has 3 heteroatoms. The highest BCUT2D eigenvalue weighted by atomic mass is 79.9. The number of halogens is 1. The van der Waals surface area contributed by atoms with E-state index in [2.05, 4.69) is 35.0 Å². The molecule has 1 saturated carbocycles. The summed E-state index contributed by atoms with van der Waals surface area (Å²) in [6.45, 7) is 2.10. The van der Waals surface area contributed by atoms with Gasteiger partial charge in [-0.15, -0.1) is 0 Å². The summed E-state index contributed by atoms with van der Waals surface area (Å²) in [6, 6.07) is 4.25. The average molecular weight is 298 g/mol. The van der Waals surface area contributed by atoms with Crippen LogP contribution in [-0.4, -0.2) is 7.11 Å². The lowest BCUT2D eigenvalue weighted by atomic mass is 9.77. The monoisotopic (exact) mass is 297 g/mol. The van der Waals surface area contributed by atoms with E-state index < -0.39 is 0 Å². The molecule has 94 valence electrons. The van der Waals surface area contributed by atoms with Gasteiger partial charge in [0.1, 0.15) is 5.75 Å². The van der Waals surface area contributed by atoms with E-state index in [-0.39, 0.29) is 5.54 Å². The summed E-state index contributed by atoms with van der Waals surface area (Å²) in [4.78, 5) is 0. The maximum absolute atomic E-state index is 6.59. The van der Waals surface area contributed by atoms with E-state index in [1.54, 1.807) is 7.11 Å². The number of nitrogens with two attached hydrogens (primary N) is 1. The van der Waals surface area contributed by atoms with Crippen LogP contribution >= 0.6 is 15.9 Å². The average Bonchev–Trinajstić information content (AvgIpc) is 2.29. The molecular weight excluding hydrogens is 278 g/mol. The first-order chi connectivity index (χ1) is 8.07. The molecule has 0 bridgehead atoms. The van der Waals surface area contributed by atoms with Gasteiger partial charge in [-0.05, 0) is 47.3 Å². The number of hydrogen-bond acceptors (Lipinski definition) is 2. The van der Waals surface area contributed by atoms with E-state index in [9.17, 15) is 0 Å². The van der Waals surface area contributed by atoms with Gasteiger partial charge in [-0.1, -0.05) is 25.3 Å². The zero-order chi connectivity index (χ0) is 12.5. The molecule has 1 aromatic rings. The van der Waals surface area contributed by atoms with Crippen LogP contribution in [0.1, 0.15) is 43.2 Å². The molecule has 0 aromatic heterocycles. The first kappa shape index (κ1) is 12.9. The SMILES string of the molecule is COc1c(Br)cc(C)cc1C1(N)CCCCC1. The topological polar surface area (TPSA) is 35.2 Å². The molecule has 0 heterocycles. The van der Waals surface area contributed by atoms with Crippen molar-refractivity contribution < 1.29 is 4.74 Å². The van der Waals surface area contributed by atoms with E-state index in [4.69, 9.17) is 10.5 Å². The summed E-state index contributed by atoms with van der Waals surface area (Å²) in [5.74, 6) is 0.903. The van der Waals surface area contributed by atoms with Gasteiger partial charge in [0, 0.05) is 11.1 Å². The Labute approximate surface area is 112 Å². The highest BCUT2D eigenvalue weighted by Crippen LogP contribution is 2.42. The maximum atomic E-state index is 6.59. The molecule has 17 heavy (non-hydrogen) atoms. The van der Waals surface area contributed by atoms with E-state index in [1.807, 2.05) is 0 Å². The second-order valence-electron chi connectivity index (χ2n) is 5.04. The van der Waals surface area contributed by atoms with Crippen molar-refractivity contribution in [1.29, 1.82) is 0 Å². The van der Waals surface area contributed by atoms with Crippen LogP contribution in [0.4, 0.5) is 0 Å². The van der Waals surface area contributed by atoms with Crippen LogP contribution in [0.3, 0.4) is 0 Å². The molecule has 0 radical (unpaired) electrons. The lowest BCUT2D eigenvalue weighted by Crippen LogP contribution is -2.39. The van der Waals surface area contributed by atoms with Crippen molar-refractivity contribution >= 4 is 15.9 Å². The number of methoxy groups -OCH3 is 1. The first-order valence-electron chi connectivity index (χ1n) is 6.20. The van der Waals surface area contributed by atoms with E-state index in [0.29, 0.717) is 0 Å². The molecular formula is C14H20BrNO. The third-order valence-electron chi connectivity index (χ3n) is 3.67. The minimum atomic E-state index is -0.210. The number of benzene rings is 1. The maximum Gasteiger partial charge on any atom is 0.138 e. The predicted octanol–water partition coefficient (Wildman–Crippen LogP) is 3.88. The van der Waals surface area contributed by atoms with E-state index >= 15 is 0 Å². The normalized spacial score (nSPS) is 19.1. The number of ether oxygens (including phenoxy) is 1. The van der Waals surface area contributed by atoms with Crippen LogP contribution in [0.15, 0.2) is 16.6 Å². The van der Waals surface area contributed by atoms with Crippen LogP contribution in [0.25, 0.3) is 0 Å². The molecule has 0 amide bonds. The highest BCUT2D eigenvalue weighted by Gasteiger charge is 2.32. The van der Waals surface area contributed by atoms with Crippen LogP contribution in [0.5, 0.6) is 5.75 Å². The van der Waals surface area contributed by atoms with Crippen molar-refractivity contribution in [3.63, 3.8) is 0 Å². The molecule has 1 aromatic carbocycles. The zero-order valence-corrected chi connectivity index (χ0v) is 12.1. The Kier molecular flexibility index (Phi) is 3.79. The molecule has 1 aliphatic rings. The van der Waals surface area contributed by atoms with Crippen LogP contribution < -0.4 is 10.5 Å². The molecule has 2 nitrogen and oxygen atoms in total. The summed E-state index contributed by atoms with van der Waals surface area (Å²) >= 11 is 3.57. The summed E-state index contributed by atoms with van der Waals surface area (Å²) < 4.78 is 6.53. The summed E-state index contributed by atoms with van der Waals surface area (Å²) in [6.07, 6.45) is 5.84. The molecule has 0 aliphatic heterocycles. The Morgan fingerprint density at radius 1 is 1.24 bits per heavy atom. The van der Waals surface area contributed by atoms with Gasteiger partial charge in [0.05, 0.1) is 11.6 Å². The standard InChI is InChI=1S/C14H20BrNO/c1-10-8-11(13(17-2)12(15)9-10)14(16)6-4-3-5-7-14/h8-9H,3-7,16H2,1-2H3. The van der Waals surface area contributed by atoms with Crippen molar-refractivity contribution in [2.24, 2.45) is 5.73 Å². The molecule has 2 N–H and O–H groups in total. The van der Waals surface area contributed by atoms with Gasteiger partial charge < -0.3 is 10.5 Å². The second kappa shape index (κ2) is 4.99. The lowest BCUT2D eigenvalue weighted by molar-refractivity contribution is 0.288. The third kappa shape index (κ3) is 2.50. The fraction of sp³-hybridized carbons (Fsp3) is 0.571.